The van der Waals surface area contributed by atoms with Crippen molar-refractivity contribution >= 4 is 28.7 Å². The highest BCUT2D eigenvalue weighted by Gasteiger charge is 2.17. The number of fused-ring (bicyclic) bond motifs is 1. The van der Waals surface area contributed by atoms with Crippen molar-refractivity contribution < 1.29 is 9.90 Å². The van der Waals surface area contributed by atoms with Crippen molar-refractivity contribution in [1.82, 2.24) is 5.32 Å². The number of hydrogen-bond donors (Lipinski definition) is 3. The summed E-state index contributed by atoms with van der Waals surface area (Å²) in [6.07, 6.45) is 1.84. The summed E-state index contributed by atoms with van der Waals surface area (Å²) < 4.78 is 0. The van der Waals surface area contributed by atoms with Gasteiger partial charge in [0.15, 0.2) is 0 Å². The maximum Gasteiger partial charge on any atom is 0.319 e. The Kier molecular flexibility index (Phi) is 6.16. The molecule has 1 aliphatic rings. The Morgan fingerprint density at radius 3 is 2.73 bits per heavy atom. The number of anilines is 2. The molecule has 6 heteroatoms. The molecule has 0 fully saturated rings. The topological polar surface area (TPSA) is 64.6 Å². The number of carbonyl (C=O) groups excluding carboxylic acids is 1. The number of hydrogen-bond acceptors (Lipinski definition) is 4. The monoisotopic (exact) mass is 373 g/mol. The molecular formula is C20H27N3O2S. The average molecular weight is 374 g/mol. The molecule has 1 aromatic heterocycles. The number of benzene rings is 1. The molecule has 3 rings (SSSR count). The zero-order chi connectivity index (χ0) is 18.5. The molecule has 0 bridgehead atoms. The van der Waals surface area contributed by atoms with E-state index in [0.717, 1.165) is 31.6 Å². The van der Waals surface area contributed by atoms with Gasteiger partial charge in [0.2, 0.25) is 0 Å². The third kappa shape index (κ3) is 4.77. The predicted molar refractivity (Wildman–Crippen MR) is 108 cm³/mol. The SMILES string of the molecule is CC(C)C[C@@H](CO)NC(=O)Nc1ccc(N2CCc3sccc3C2)cc1. The zero-order valence-electron chi connectivity index (χ0n) is 15.4. The van der Waals surface area contributed by atoms with E-state index in [0.29, 0.717) is 5.92 Å². The molecule has 0 radical (unpaired) electrons. The Labute approximate surface area is 159 Å². The van der Waals surface area contributed by atoms with Gasteiger partial charge in [0, 0.05) is 29.3 Å². The summed E-state index contributed by atoms with van der Waals surface area (Å²) in [5.41, 5.74) is 3.34. The number of nitrogens with one attached hydrogen (secondary N) is 2. The molecule has 140 valence electrons. The number of rotatable bonds is 6. The summed E-state index contributed by atoms with van der Waals surface area (Å²) in [7, 11) is 0. The highest BCUT2D eigenvalue weighted by Crippen LogP contribution is 2.28. The molecule has 5 nitrogen and oxygen atoms in total. The Hall–Kier alpha value is -2.05. The number of aliphatic hydroxyl groups is 1. The molecule has 2 heterocycles. The second kappa shape index (κ2) is 8.56. The highest BCUT2D eigenvalue weighted by atomic mass is 32.1. The minimum atomic E-state index is -0.279. The molecular weight excluding hydrogens is 346 g/mol. The summed E-state index contributed by atoms with van der Waals surface area (Å²) in [5.74, 6) is 0.417. The molecule has 0 spiro atoms. The molecule has 26 heavy (non-hydrogen) atoms. The summed E-state index contributed by atoms with van der Waals surface area (Å²) in [6, 6.07) is 9.65. The second-order valence-electron chi connectivity index (χ2n) is 7.19. The van der Waals surface area contributed by atoms with E-state index >= 15 is 0 Å². The molecule has 2 amide bonds. The first kappa shape index (κ1) is 18.7. The van der Waals surface area contributed by atoms with E-state index in [1.54, 1.807) is 0 Å². The van der Waals surface area contributed by atoms with Crippen molar-refractivity contribution in [2.45, 2.75) is 39.3 Å². The Morgan fingerprint density at radius 2 is 2.04 bits per heavy atom. The fourth-order valence-electron chi connectivity index (χ4n) is 3.33. The Morgan fingerprint density at radius 1 is 1.27 bits per heavy atom. The zero-order valence-corrected chi connectivity index (χ0v) is 16.2. The first-order chi connectivity index (χ1) is 12.5. The normalized spacial score (nSPS) is 14.8. The molecule has 2 aromatic rings. The number of urea groups is 1. The Balaban J connectivity index is 1.55. The molecule has 3 N–H and O–H groups in total. The lowest BCUT2D eigenvalue weighted by atomic mass is 10.0. The van der Waals surface area contributed by atoms with E-state index in [9.17, 15) is 9.90 Å². The first-order valence-corrected chi connectivity index (χ1v) is 10.0. The lowest BCUT2D eigenvalue weighted by Gasteiger charge is -2.29. The van der Waals surface area contributed by atoms with Gasteiger partial charge in [-0.2, -0.15) is 0 Å². The van der Waals surface area contributed by atoms with Gasteiger partial charge < -0.3 is 20.6 Å². The van der Waals surface area contributed by atoms with Crippen molar-refractivity contribution in [3.63, 3.8) is 0 Å². The lowest BCUT2D eigenvalue weighted by molar-refractivity contribution is 0.214. The summed E-state index contributed by atoms with van der Waals surface area (Å²) in [5, 5.41) is 17.2. The smallest absolute Gasteiger partial charge is 0.319 e. The van der Waals surface area contributed by atoms with Crippen LogP contribution < -0.4 is 15.5 Å². The van der Waals surface area contributed by atoms with E-state index in [4.69, 9.17) is 0 Å². The van der Waals surface area contributed by atoms with Gasteiger partial charge in [0.25, 0.3) is 0 Å². The molecule has 1 aromatic carbocycles. The van der Waals surface area contributed by atoms with Crippen LogP contribution >= 0.6 is 11.3 Å². The average Bonchev–Trinajstić information content (AvgIpc) is 3.09. The van der Waals surface area contributed by atoms with Crippen molar-refractivity contribution in [3.8, 4) is 0 Å². The summed E-state index contributed by atoms with van der Waals surface area (Å²) in [6.45, 7) is 6.05. The van der Waals surface area contributed by atoms with E-state index < -0.39 is 0 Å². The van der Waals surface area contributed by atoms with Crippen LogP contribution in [0.3, 0.4) is 0 Å². The van der Waals surface area contributed by atoms with Gasteiger partial charge >= 0.3 is 6.03 Å². The molecule has 0 unspecified atom stereocenters. The van der Waals surface area contributed by atoms with E-state index in [-0.39, 0.29) is 18.7 Å². The minimum absolute atomic E-state index is 0.0515. The lowest BCUT2D eigenvalue weighted by Crippen LogP contribution is -2.40. The highest BCUT2D eigenvalue weighted by molar-refractivity contribution is 7.10. The van der Waals surface area contributed by atoms with Gasteiger partial charge in [-0.25, -0.2) is 4.79 Å². The van der Waals surface area contributed by atoms with Crippen molar-refractivity contribution in [2.24, 2.45) is 5.92 Å². The quantitative estimate of drug-likeness (QED) is 0.721. The van der Waals surface area contributed by atoms with Crippen LogP contribution in [-0.4, -0.2) is 30.3 Å². The van der Waals surface area contributed by atoms with Gasteiger partial charge in [-0.15, -0.1) is 11.3 Å². The van der Waals surface area contributed by atoms with Crippen LogP contribution in [0.1, 0.15) is 30.7 Å². The van der Waals surface area contributed by atoms with E-state index in [1.165, 1.54) is 16.1 Å². The first-order valence-electron chi connectivity index (χ1n) is 9.13. The Bertz CT molecular complexity index is 727. The molecule has 0 saturated carbocycles. The fraction of sp³-hybridized carbons (Fsp3) is 0.450. The summed E-state index contributed by atoms with van der Waals surface area (Å²) >= 11 is 1.84. The van der Waals surface area contributed by atoms with Crippen LogP contribution in [0.15, 0.2) is 35.7 Å². The van der Waals surface area contributed by atoms with Crippen LogP contribution in [0.25, 0.3) is 0 Å². The van der Waals surface area contributed by atoms with Crippen LogP contribution in [0.2, 0.25) is 0 Å². The van der Waals surface area contributed by atoms with Gasteiger partial charge in [0.05, 0.1) is 12.6 Å². The van der Waals surface area contributed by atoms with Crippen LogP contribution in [0.4, 0.5) is 16.2 Å². The minimum Gasteiger partial charge on any atom is -0.394 e. The third-order valence-corrected chi connectivity index (χ3v) is 5.63. The number of carbonyl (C=O) groups is 1. The second-order valence-corrected chi connectivity index (χ2v) is 8.20. The number of thiophene rings is 1. The van der Waals surface area contributed by atoms with Gasteiger partial charge in [-0.3, -0.25) is 0 Å². The summed E-state index contributed by atoms with van der Waals surface area (Å²) in [4.78, 5) is 16.0. The van der Waals surface area contributed by atoms with E-state index in [1.807, 2.05) is 35.6 Å². The maximum atomic E-state index is 12.1. The van der Waals surface area contributed by atoms with Crippen LogP contribution in [-0.2, 0) is 13.0 Å². The molecule has 0 saturated heterocycles. The van der Waals surface area contributed by atoms with Gasteiger partial charge in [0.1, 0.15) is 0 Å². The van der Waals surface area contributed by atoms with Crippen molar-refractivity contribution in [2.75, 3.05) is 23.4 Å². The largest absolute Gasteiger partial charge is 0.394 e. The molecule has 1 aliphatic heterocycles. The van der Waals surface area contributed by atoms with E-state index in [2.05, 4.69) is 40.8 Å². The van der Waals surface area contributed by atoms with Crippen LogP contribution in [0.5, 0.6) is 0 Å². The maximum absolute atomic E-state index is 12.1. The van der Waals surface area contributed by atoms with Crippen LogP contribution in [0, 0.1) is 5.92 Å². The number of nitrogens with zero attached hydrogens (tertiary/aromatic N) is 1. The van der Waals surface area contributed by atoms with Crippen molar-refractivity contribution in [1.29, 1.82) is 0 Å². The predicted octanol–water partition coefficient (Wildman–Crippen LogP) is 3.84. The number of amides is 2. The molecule has 1 atom stereocenters. The van der Waals surface area contributed by atoms with Gasteiger partial charge in [-0.1, -0.05) is 13.8 Å². The molecule has 0 aliphatic carbocycles. The number of aliphatic hydroxyl groups excluding tert-OH is 1. The standard InChI is InChI=1S/C20H27N3O2S/c1-14(2)11-17(13-24)22-20(25)21-16-3-5-18(6-4-16)23-9-7-19-15(12-23)8-10-26-19/h3-6,8,10,14,17,24H,7,9,11-13H2,1-2H3,(H2,21,22,25)/t17-/m0/s1. The van der Waals surface area contributed by atoms with Gasteiger partial charge in [-0.05, 0) is 60.0 Å². The fourth-order valence-corrected chi connectivity index (χ4v) is 4.21. The third-order valence-electron chi connectivity index (χ3n) is 4.61. The van der Waals surface area contributed by atoms with Crippen molar-refractivity contribution in [3.05, 3.63) is 46.2 Å².